The molecule has 1 saturated heterocycles. The van der Waals surface area contributed by atoms with Gasteiger partial charge in [0, 0.05) is 31.7 Å². The number of primary amides is 1. The Hall–Kier alpha value is -4.15. The summed E-state index contributed by atoms with van der Waals surface area (Å²) in [4.78, 5) is 75.5. The first kappa shape index (κ1) is 38.1. The van der Waals surface area contributed by atoms with Crippen molar-refractivity contribution in [3.05, 3.63) is 57.6 Å². The van der Waals surface area contributed by atoms with E-state index in [1.807, 2.05) is 0 Å². The number of aliphatic carboxylic acids is 1. The number of amides is 4. The molecule has 3 aromatic rings. The Kier molecular flexibility index (Phi) is 11.7. The molecule has 1 aliphatic carbocycles. The van der Waals surface area contributed by atoms with Crippen molar-refractivity contribution in [1.82, 2.24) is 40.4 Å². The van der Waals surface area contributed by atoms with E-state index in [-0.39, 0.29) is 75.8 Å². The van der Waals surface area contributed by atoms with Gasteiger partial charge in [0.15, 0.2) is 0 Å². The van der Waals surface area contributed by atoms with Crippen LogP contribution in [0.25, 0.3) is 0 Å². The molecule has 4 amide bonds. The van der Waals surface area contributed by atoms with E-state index in [2.05, 4.69) is 36.1 Å². The second kappa shape index (κ2) is 15.6. The minimum absolute atomic E-state index is 0. The molecule has 3 atom stereocenters. The minimum Gasteiger partial charge on any atom is -0.543 e. The fourth-order valence-corrected chi connectivity index (χ4v) is 8.57. The summed E-state index contributed by atoms with van der Waals surface area (Å²) in [6.07, 6.45) is 4.98. The summed E-state index contributed by atoms with van der Waals surface area (Å²) >= 11 is 2.30. The van der Waals surface area contributed by atoms with Crippen molar-refractivity contribution in [1.29, 1.82) is 0 Å². The Morgan fingerprint density at radius 3 is 2.55 bits per heavy atom. The standard InChI is InChI=1S/C29H33N11O8S2.Na/c1-38-28(35-36-37-38)50-13-15-12-49-25-29(48-2,24(46)40(25)20(15)23(44)45)34-22(43)19(14-7-9-17(41)10-8-14)39(26(30)47)18-11-31-27(33-21(18)42)32-16-5-3-4-6-16;/h7-11,16,19,25,41H,3-6,12-13H2,1-2H3,(H2,30,47)(H,34,43)(H,44,45)(H2,31,32,33,42);/q;+1/p-1/t19?,25-,29+;/m1./s1. The van der Waals surface area contributed by atoms with Crippen LogP contribution in [0.1, 0.15) is 37.3 Å². The number of nitrogens with two attached hydrogens (primary N) is 1. The number of methoxy groups -OCH3 is 1. The predicted molar refractivity (Wildman–Crippen MR) is 176 cm³/mol. The molecular weight excluding hydrogens is 718 g/mol. The number of urea groups is 1. The molecule has 3 aliphatic rings. The van der Waals surface area contributed by atoms with Crippen LogP contribution >= 0.6 is 23.5 Å². The molecular formula is C29H32N11NaO8S2. The number of benzene rings is 1. The quantitative estimate of drug-likeness (QED) is 0.0514. The number of carbonyl (C=O) groups is 4. The van der Waals surface area contributed by atoms with Gasteiger partial charge in [-0.1, -0.05) is 36.7 Å². The first-order valence-corrected chi connectivity index (χ1v) is 17.3. The maximum atomic E-state index is 14.3. The van der Waals surface area contributed by atoms with Crippen molar-refractivity contribution < 1.29 is 63.7 Å². The normalized spacial score (nSPS) is 20.5. The third-order valence-electron chi connectivity index (χ3n) is 8.58. The van der Waals surface area contributed by atoms with E-state index in [4.69, 9.17) is 10.5 Å². The molecule has 4 heterocycles. The van der Waals surface area contributed by atoms with Gasteiger partial charge in [0.05, 0.1) is 17.9 Å². The number of fused-ring (bicyclic) bond motifs is 1. The van der Waals surface area contributed by atoms with Gasteiger partial charge in [-0.3, -0.25) is 29.2 Å². The topological polar surface area (TPSA) is 267 Å². The van der Waals surface area contributed by atoms with Crippen LogP contribution in [0, 0.1) is 0 Å². The molecule has 19 nitrogen and oxygen atoms in total. The van der Waals surface area contributed by atoms with E-state index in [1.165, 1.54) is 28.9 Å². The number of tetrazole rings is 1. The van der Waals surface area contributed by atoms with Crippen LogP contribution in [0.15, 0.2) is 51.7 Å². The molecule has 0 radical (unpaired) electrons. The summed E-state index contributed by atoms with van der Waals surface area (Å²) in [5.74, 6) is -3.25. The second-order valence-corrected chi connectivity index (χ2v) is 13.7. The van der Waals surface area contributed by atoms with E-state index in [1.54, 1.807) is 7.05 Å². The first-order valence-electron chi connectivity index (χ1n) is 15.3. The number of rotatable bonds is 12. The number of carbonyl (C=O) groups excluding carboxylic acids is 4. The molecule has 2 aromatic heterocycles. The van der Waals surface area contributed by atoms with Gasteiger partial charge in [-0.25, -0.2) is 14.5 Å². The number of ether oxygens (including phenoxy) is 1. The third kappa shape index (κ3) is 7.31. The van der Waals surface area contributed by atoms with Gasteiger partial charge in [-0.15, -0.1) is 16.9 Å². The van der Waals surface area contributed by atoms with Gasteiger partial charge >= 0.3 is 35.6 Å². The zero-order valence-corrected chi connectivity index (χ0v) is 31.3. The number of H-pyrrole nitrogens is 1. The summed E-state index contributed by atoms with van der Waals surface area (Å²) in [6.45, 7) is 0. The predicted octanol–water partition coefficient (Wildman–Crippen LogP) is -3.85. The Bertz CT molecular complexity index is 1920. The zero-order chi connectivity index (χ0) is 35.7. The number of aryl methyl sites for hydroxylation is 1. The number of nitrogens with one attached hydrogen (secondary N) is 3. The summed E-state index contributed by atoms with van der Waals surface area (Å²) < 4.78 is 7.01. The molecule has 6 rings (SSSR count). The van der Waals surface area contributed by atoms with Gasteiger partial charge in [0.1, 0.15) is 22.9 Å². The molecule has 0 bridgehead atoms. The average molecular weight is 750 g/mol. The number of phenols is 1. The number of β-lactam (4-membered cyclic amide) rings is 1. The summed E-state index contributed by atoms with van der Waals surface area (Å²) in [6, 6.07) is 2.43. The minimum atomic E-state index is -2.09. The van der Waals surface area contributed by atoms with Crippen LogP contribution in [-0.2, 0) is 26.2 Å². The summed E-state index contributed by atoms with van der Waals surface area (Å²) in [7, 11) is 2.79. The van der Waals surface area contributed by atoms with E-state index in [0.717, 1.165) is 67.4 Å². The number of anilines is 2. The van der Waals surface area contributed by atoms with Crippen LogP contribution < -0.4 is 61.5 Å². The van der Waals surface area contributed by atoms with Gasteiger partial charge in [-0.05, 0) is 46.5 Å². The van der Waals surface area contributed by atoms with E-state index < -0.39 is 46.5 Å². The maximum Gasteiger partial charge on any atom is 1.00 e. The number of nitrogens with zero attached hydrogens (tertiary/aromatic N) is 7. The number of carboxylic acids is 1. The van der Waals surface area contributed by atoms with Gasteiger partial charge in [-0.2, -0.15) is 0 Å². The molecule has 1 unspecified atom stereocenters. The number of phenolic OH excluding ortho intramolecular Hbond substituents is 1. The molecule has 2 fully saturated rings. The molecule has 1 aromatic carbocycles. The smallest absolute Gasteiger partial charge is 0.543 e. The van der Waals surface area contributed by atoms with Crippen LogP contribution in [-0.4, -0.2) is 99.8 Å². The number of aromatic nitrogens is 6. The number of aromatic hydroxyl groups is 1. The van der Waals surface area contributed by atoms with Crippen LogP contribution in [0.2, 0.25) is 0 Å². The van der Waals surface area contributed by atoms with Crippen molar-refractivity contribution >= 4 is 59.0 Å². The maximum absolute atomic E-state index is 14.3. The van der Waals surface area contributed by atoms with E-state index >= 15 is 0 Å². The number of thioether (sulfide) groups is 2. The largest absolute Gasteiger partial charge is 1.00 e. The fraction of sp³-hybridized carbons (Fsp3) is 0.414. The molecule has 264 valence electrons. The zero-order valence-electron chi connectivity index (χ0n) is 27.7. The summed E-state index contributed by atoms with van der Waals surface area (Å²) in [5, 5.41) is 38.6. The fourth-order valence-electron chi connectivity index (χ4n) is 6.15. The third-order valence-corrected chi connectivity index (χ3v) is 11.1. The van der Waals surface area contributed by atoms with Crippen molar-refractivity contribution in [2.24, 2.45) is 12.8 Å². The van der Waals surface area contributed by atoms with Crippen molar-refractivity contribution in [2.45, 2.75) is 54.0 Å². The van der Waals surface area contributed by atoms with Crippen molar-refractivity contribution in [3.8, 4) is 5.75 Å². The number of aromatic amines is 1. The molecule has 22 heteroatoms. The Morgan fingerprint density at radius 1 is 1.25 bits per heavy atom. The Labute approximate surface area is 320 Å². The van der Waals surface area contributed by atoms with Gasteiger partial charge in [0.25, 0.3) is 23.1 Å². The van der Waals surface area contributed by atoms with Crippen LogP contribution in [0.3, 0.4) is 0 Å². The Balaban J connectivity index is 0.00000504. The molecule has 0 spiro atoms. The number of carboxylic acid groups (broad SMARTS) is 1. The monoisotopic (exact) mass is 749 g/mol. The molecule has 6 N–H and O–H groups in total. The van der Waals surface area contributed by atoms with Crippen LogP contribution in [0.5, 0.6) is 5.75 Å². The second-order valence-electron chi connectivity index (χ2n) is 11.7. The van der Waals surface area contributed by atoms with Crippen molar-refractivity contribution in [3.63, 3.8) is 0 Å². The summed E-state index contributed by atoms with van der Waals surface area (Å²) in [5.41, 5.74) is 2.64. The van der Waals surface area contributed by atoms with Gasteiger partial charge < -0.3 is 36.1 Å². The number of hydrogen-bond donors (Lipinski definition) is 5. The van der Waals surface area contributed by atoms with Gasteiger partial charge in [0.2, 0.25) is 11.1 Å². The average Bonchev–Trinajstić information content (AvgIpc) is 3.76. The van der Waals surface area contributed by atoms with E-state index in [0.29, 0.717) is 15.6 Å². The van der Waals surface area contributed by atoms with E-state index in [9.17, 15) is 34.2 Å². The molecule has 2 aliphatic heterocycles. The molecule has 1 saturated carbocycles. The first-order chi connectivity index (χ1) is 23.9. The van der Waals surface area contributed by atoms with Crippen LogP contribution in [0.4, 0.5) is 16.4 Å². The SMILES string of the molecule is CO[C@@]1(NC(=O)C(c2ccc(O)cc2)N(C(N)=O)c2cnc(NC3CCCC3)[nH]c2=O)C(=O)N2C(C(=O)[O-])=C(CSc3nnnn3C)CS[C@@H]21.[Na+]. The van der Waals surface area contributed by atoms with Crippen molar-refractivity contribution in [2.75, 3.05) is 28.8 Å². The number of hydrogen-bond acceptors (Lipinski definition) is 15. The molecule has 51 heavy (non-hydrogen) atoms. The Morgan fingerprint density at radius 2 is 1.96 bits per heavy atom.